The number of hydrogen-bond donors (Lipinski definition) is 5. The number of esters is 1. The smallest absolute Gasteiger partial charge is 0.329 e. The average Bonchev–Trinajstić information content (AvgIpc) is 3.69. The first-order chi connectivity index (χ1) is 19.9. The molecule has 6 N–H and O–H groups in total. The van der Waals surface area contributed by atoms with Gasteiger partial charge in [0.2, 0.25) is 11.7 Å². The van der Waals surface area contributed by atoms with Crippen LogP contribution in [0.4, 0.5) is 4.79 Å². The Morgan fingerprint density at radius 3 is 1.93 bits per heavy atom. The minimum atomic E-state index is -1.47. The van der Waals surface area contributed by atoms with Gasteiger partial charge in [0.15, 0.2) is 0 Å². The molecule has 3 aliphatic rings. The molecular weight excluding hydrogens is 613 g/mol. The van der Waals surface area contributed by atoms with E-state index in [1.807, 2.05) is 0 Å². The van der Waals surface area contributed by atoms with E-state index in [1.165, 1.54) is 4.90 Å². The van der Waals surface area contributed by atoms with Crippen LogP contribution in [0.5, 0.6) is 0 Å². The molecule has 12 nitrogen and oxygen atoms in total. The molecule has 0 bridgehead atoms. The lowest BCUT2D eigenvalue weighted by molar-refractivity contribution is -0.160. The number of aliphatic hydroxyl groups is 1. The molecule has 2 saturated carbocycles. The fourth-order valence-corrected chi connectivity index (χ4v) is 6.62. The fourth-order valence-electron chi connectivity index (χ4n) is 5.77. The SMILES string of the molecule is CC(C)(C)OC(=O)[C@@H](NC(=O)N[C@H](C(=O)N1C[C@H]2[C@@H]([C@H]1C(O)NC(CC1CC1)C(=O)C(N)=O)C2(Cl)Cl)C(C)(C)C)C(C)(C)C. The number of fused-ring (bicyclic) bond motifs is 1. The second-order valence-electron chi connectivity index (χ2n) is 15.6. The highest BCUT2D eigenvalue weighted by molar-refractivity contribution is 6.51. The summed E-state index contributed by atoms with van der Waals surface area (Å²) in [6.07, 6.45) is 0.652. The number of aliphatic hydroxyl groups excluding tert-OH is 1. The number of nitrogens with zero attached hydrogens (tertiary/aromatic N) is 1. The number of hydrogen-bond acceptors (Lipinski definition) is 8. The van der Waals surface area contributed by atoms with Crippen molar-refractivity contribution >= 4 is 52.8 Å². The quantitative estimate of drug-likeness (QED) is 0.0967. The number of likely N-dealkylation sites (tertiary alicyclic amines) is 1. The fraction of sp³-hybridized carbons (Fsp3) is 0.833. The van der Waals surface area contributed by atoms with Gasteiger partial charge in [0.25, 0.3) is 5.91 Å². The van der Waals surface area contributed by atoms with Crippen LogP contribution in [0, 0.1) is 28.6 Å². The summed E-state index contributed by atoms with van der Waals surface area (Å²) in [6.45, 7) is 16.0. The van der Waals surface area contributed by atoms with Crippen molar-refractivity contribution < 1.29 is 33.8 Å². The van der Waals surface area contributed by atoms with Gasteiger partial charge in [-0.1, -0.05) is 54.4 Å². The first-order valence-electron chi connectivity index (χ1n) is 15.1. The highest BCUT2D eigenvalue weighted by Crippen LogP contribution is 2.65. The molecule has 2 aliphatic carbocycles. The van der Waals surface area contributed by atoms with Gasteiger partial charge in [-0.25, -0.2) is 9.59 Å². The van der Waals surface area contributed by atoms with E-state index in [-0.39, 0.29) is 18.4 Å². The molecule has 0 aromatic rings. The summed E-state index contributed by atoms with van der Waals surface area (Å²) in [4.78, 5) is 66.2. The predicted molar refractivity (Wildman–Crippen MR) is 165 cm³/mol. The molecular formula is C30H49Cl2N5O7. The van der Waals surface area contributed by atoms with Gasteiger partial charge in [-0.3, -0.25) is 19.7 Å². The number of piperidine rings is 1. The van der Waals surface area contributed by atoms with Crippen molar-refractivity contribution in [3.63, 3.8) is 0 Å². The van der Waals surface area contributed by atoms with E-state index in [0.29, 0.717) is 6.42 Å². The van der Waals surface area contributed by atoms with E-state index in [9.17, 15) is 29.1 Å². The van der Waals surface area contributed by atoms with Gasteiger partial charge >= 0.3 is 12.0 Å². The van der Waals surface area contributed by atoms with Crippen molar-refractivity contribution in [3.8, 4) is 0 Å². The Morgan fingerprint density at radius 2 is 1.48 bits per heavy atom. The van der Waals surface area contributed by atoms with Gasteiger partial charge in [0.05, 0.1) is 12.1 Å². The van der Waals surface area contributed by atoms with E-state index >= 15 is 0 Å². The van der Waals surface area contributed by atoms with Gasteiger partial charge in [-0.2, -0.15) is 0 Å². The third-order valence-corrected chi connectivity index (χ3v) is 9.43. The van der Waals surface area contributed by atoms with Crippen LogP contribution >= 0.6 is 23.2 Å². The molecule has 1 aliphatic heterocycles. The maximum atomic E-state index is 14.2. The number of amides is 4. The zero-order valence-electron chi connectivity index (χ0n) is 27.1. The monoisotopic (exact) mass is 661 g/mol. The molecule has 1 heterocycles. The normalized spacial score (nSPS) is 25.6. The summed E-state index contributed by atoms with van der Waals surface area (Å²) < 4.78 is 4.33. The standard InChI is InChI=1S/C30H49Cl2N5O7/c1-27(2,3)20(35-26(43)36-21(28(4,5)6)25(42)44-29(7,8)9)24(41)37-13-15-17(30(15,31)32)18(37)23(40)34-16(12-14-10-11-14)19(38)22(33)39/h14-18,20-21,23,34,40H,10-13H2,1-9H3,(H2,33,39)(H2,35,36,43)/t15-,16?,17-,18-,20+,21+,23?/m0/s1. The van der Waals surface area contributed by atoms with Crippen molar-refractivity contribution in [2.75, 3.05) is 6.54 Å². The molecule has 7 atom stereocenters. The predicted octanol–water partition coefficient (Wildman–Crippen LogP) is 2.22. The zero-order valence-corrected chi connectivity index (χ0v) is 28.6. The number of rotatable bonds is 11. The van der Waals surface area contributed by atoms with E-state index in [0.717, 1.165) is 12.8 Å². The molecule has 2 unspecified atom stereocenters. The Labute approximate surface area is 269 Å². The van der Waals surface area contributed by atoms with Crippen LogP contribution in [-0.4, -0.2) is 86.5 Å². The Bertz CT molecular complexity index is 1160. The Balaban J connectivity index is 1.83. The first-order valence-corrected chi connectivity index (χ1v) is 15.9. The molecule has 4 amide bonds. The van der Waals surface area contributed by atoms with E-state index in [1.54, 1.807) is 62.3 Å². The van der Waals surface area contributed by atoms with Crippen LogP contribution in [0.1, 0.15) is 81.6 Å². The molecule has 44 heavy (non-hydrogen) atoms. The van der Waals surface area contributed by atoms with E-state index in [4.69, 9.17) is 33.7 Å². The third kappa shape index (κ3) is 8.55. The van der Waals surface area contributed by atoms with Crippen molar-refractivity contribution in [2.24, 2.45) is 34.3 Å². The summed E-state index contributed by atoms with van der Waals surface area (Å²) in [6, 6.07) is -4.85. The van der Waals surface area contributed by atoms with E-state index in [2.05, 4.69) is 16.0 Å². The second kappa shape index (κ2) is 12.6. The Kier molecular flexibility index (Phi) is 10.4. The molecule has 1 saturated heterocycles. The lowest BCUT2D eigenvalue weighted by Crippen LogP contribution is -2.63. The molecule has 0 spiro atoms. The molecule has 14 heteroatoms. The Morgan fingerprint density at radius 1 is 0.955 bits per heavy atom. The number of carbonyl (C=O) groups is 5. The van der Waals surface area contributed by atoms with Crippen molar-refractivity contribution in [2.45, 2.75) is 122 Å². The summed E-state index contributed by atoms with van der Waals surface area (Å²) in [5, 5.41) is 19.6. The summed E-state index contributed by atoms with van der Waals surface area (Å²) in [5.74, 6) is -3.73. The molecule has 3 rings (SSSR count). The van der Waals surface area contributed by atoms with Crippen LogP contribution in [0.15, 0.2) is 0 Å². The Hall–Kier alpha value is -2.15. The van der Waals surface area contributed by atoms with E-state index < -0.39 is 86.7 Å². The molecule has 0 aromatic carbocycles. The number of Topliss-reactive ketones (excluding diaryl/α,β-unsaturated/α-hetero) is 1. The van der Waals surface area contributed by atoms with Crippen molar-refractivity contribution in [3.05, 3.63) is 0 Å². The van der Waals surface area contributed by atoms with Gasteiger partial charge in [0.1, 0.15) is 28.2 Å². The topological polar surface area (TPSA) is 180 Å². The largest absolute Gasteiger partial charge is 0.458 e. The van der Waals surface area contributed by atoms with Gasteiger partial charge < -0.3 is 31.1 Å². The number of alkyl halides is 2. The number of urea groups is 1. The minimum absolute atomic E-state index is 0.107. The van der Waals surface area contributed by atoms with Crippen LogP contribution in [0.2, 0.25) is 0 Å². The zero-order chi connectivity index (χ0) is 33.7. The van der Waals surface area contributed by atoms with Crippen LogP contribution in [0.3, 0.4) is 0 Å². The van der Waals surface area contributed by atoms with Gasteiger partial charge in [-0.15, -0.1) is 23.2 Å². The lowest BCUT2D eigenvalue weighted by atomic mass is 9.85. The number of nitrogens with one attached hydrogen (secondary N) is 3. The van der Waals surface area contributed by atoms with Gasteiger partial charge in [-0.05, 0) is 43.9 Å². The molecule has 0 aromatic heterocycles. The average molecular weight is 663 g/mol. The number of ketones is 1. The number of primary amides is 1. The summed E-state index contributed by atoms with van der Waals surface area (Å²) in [7, 11) is 0. The van der Waals surface area contributed by atoms with Gasteiger partial charge in [0, 0.05) is 18.4 Å². The number of carbonyl (C=O) groups excluding carboxylic acids is 5. The van der Waals surface area contributed by atoms with Crippen molar-refractivity contribution in [1.82, 2.24) is 20.9 Å². The van der Waals surface area contributed by atoms with Crippen LogP contribution in [0.25, 0.3) is 0 Å². The maximum absolute atomic E-state index is 14.2. The number of nitrogens with two attached hydrogens (primary N) is 1. The highest BCUT2D eigenvalue weighted by Gasteiger charge is 2.73. The molecule has 250 valence electrons. The van der Waals surface area contributed by atoms with Crippen LogP contribution < -0.4 is 21.7 Å². The number of ether oxygens (including phenoxy) is 1. The highest BCUT2D eigenvalue weighted by atomic mass is 35.5. The summed E-state index contributed by atoms with van der Waals surface area (Å²) >= 11 is 13.0. The first kappa shape index (κ1) is 36.3. The summed E-state index contributed by atoms with van der Waals surface area (Å²) in [5.41, 5.74) is 2.98. The number of halogens is 2. The second-order valence-corrected chi connectivity index (χ2v) is 17.1. The van der Waals surface area contributed by atoms with Crippen LogP contribution in [-0.2, 0) is 23.9 Å². The lowest BCUT2D eigenvalue weighted by Gasteiger charge is -2.40. The molecule has 0 radical (unpaired) electrons. The maximum Gasteiger partial charge on any atom is 0.329 e. The molecule has 3 fully saturated rings. The van der Waals surface area contributed by atoms with Crippen molar-refractivity contribution in [1.29, 1.82) is 0 Å². The minimum Gasteiger partial charge on any atom is -0.458 e. The third-order valence-electron chi connectivity index (χ3n) is 8.36.